The summed E-state index contributed by atoms with van der Waals surface area (Å²) in [6, 6.07) is 20.2. The summed E-state index contributed by atoms with van der Waals surface area (Å²) in [6.45, 7) is 6.52. The molecule has 1 heterocycles. The zero-order chi connectivity index (χ0) is 21.3. The predicted octanol–water partition coefficient (Wildman–Crippen LogP) is 4.14. The van der Waals surface area contributed by atoms with Gasteiger partial charge >= 0.3 is 5.69 Å². The molecule has 0 spiro atoms. The Morgan fingerprint density at radius 2 is 1.63 bits per heavy atom. The molecule has 0 saturated carbocycles. The van der Waals surface area contributed by atoms with Gasteiger partial charge in [0.15, 0.2) is 0 Å². The van der Waals surface area contributed by atoms with Crippen molar-refractivity contribution in [3.8, 4) is 22.6 Å². The lowest BCUT2D eigenvalue weighted by Gasteiger charge is -2.17. The normalized spacial score (nSPS) is 10.9. The number of aryl methyl sites for hydroxylation is 2. The largest absolute Gasteiger partial charge is 0.489 e. The van der Waals surface area contributed by atoms with Crippen LogP contribution in [0.3, 0.4) is 0 Å². The Morgan fingerprint density at radius 1 is 0.867 bits per heavy atom. The molecule has 0 N–H and O–H groups in total. The van der Waals surface area contributed by atoms with Crippen molar-refractivity contribution in [1.82, 2.24) is 19.8 Å². The molecule has 0 amide bonds. The van der Waals surface area contributed by atoms with E-state index in [1.807, 2.05) is 49.4 Å². The first-order valence-electron chi connectivity index (χ1n) is 9.83. The average Bonchev–Trinajstić information content (AvgIpc) is 3.09. The molecule has 0 aliphatic rings. The molecule has 0 aliphatic heterocycles. The van der Waals surface area contributed by atoms with Gasteiger partial charge in [-0.15, -0.1) is 0 Å². The maximum Gasteiger partial charge on any atom is 0.368 e. The Labute approximate surface area is 175 Å². The topological polar surface area (TPSA) is 61.9 Å². The highest BCUT2D eigenvalue weighted by Crippen LogP contribution is 2.32. The quantitative estimate of drug-likeness (QED) is 0.505. The van der Waals surface area contributed by atoms with E-state index in [4.69, 9.17) is 4.74 Å². The first kappa shape index (κ1) is 19.6. The van der Waals surface area contributed by atoms with Crippen molar-refractivity contribution >= 4 is 0 Å². The molecule has 1 aromatic heterocycles. The molecular weight excluding hydrogens is 376 g/mol. The maximum atomic E-state index is 12.3. The van der Waals surface area contributed by atoms with Crippen molar-refractivity contribution in [3.05, 3.63) is 93.4 Å². The lowest BCUT2D eigenvalue weighted by atomic mass is 9.96. The third kappa shape index (κ3) is 3.52. The molecule has 3 aromatic carbocycles. The molecule has 0 unspecified atom stereocenters. The first-order chi connectivity index (χ1) is 14.5. The fourth-order valence-electron chi connectivity index (χ4n) is 3.57. The highest BCUT2D eigenvalue weighted by molar-refractivity contribution is 5.70. The molecule has 4 aromatic rings. The zero-order valence-corrected chi connectivity index (χ0v) is 17.6. The van der Waals surface area contributed by atoms with Crippen molar-refractivity contribution in [2.75, 3.05) is 0 Å². The molecule has 0 aliphatic carbocycles. The van der Waals surface area contributed by atoms with E-state index in [1.54, 1.807) is 7.05 Å². The minimum absolute atomic E-state index is 0.291. The molecule has 6 heteroatoms. The second-order valence-corrected chi connectivity index (χ2v) is 7.39. The zero-order valence-electron chi connectivity index (χ0n) is 17.6. The summed E-state index contributed by atoms with van der Waals surface area (Å²) in [5.74, 6) is 0.827. The lowest BCUT2D eigenvalue weighted by Crippen LogP contribution is -2.23. The number of rotatable bonds is 5. The summed E-state index contributed by atoms with van der Waals surface area (Å²) in [6.07, 6.45) is 0. The van der Waals surface area contributed by atoms with Gasteiger partial charge in [-0.05, 0) is 71.1 Å². The van der Waals surface area contributed by atoms with Gasteiger partial charge in [0.1, 0.15) is 12.4 Å². The second kappa shape index (κ2) is 7.99. The molecular formula is C24H24N4O2. The summed E-state index contributed by atoms with van der Waals surface area (Å²) in [7, 11) is 1.58. The van der Waals surface area contributed by atoms with E-state index in [1.165, 1.54) is 26.1 Å². The summed E-state index contributed by atoms with van der Waals surface area (Å²) < 4.78 is 8.73. The number of nitrogens with zero attached hydrogens (tertiary/aromatic N) is 4. The third-order valence-corrected chi connectivity index (χ3v) is 5.53. The van der Waals surface area contributed by atoms with Crippen LogP contribution in [0.25, 0.3) is 16.8 Å². The van der Waals surface area contributed by atoms with E-state index in [9.17, 15) is 4.79 Å². The van der Waals surface area contributed by atoms with Gasteiger partial charge < -0.3 is 4.74 Å². The number of hydrogen-bond acceptors (Lipinski definition) is 4. The van der Waals surface area contributed by atoms with Gasteiger partial charge in [0.25, 0.3) is 0 Å². The number of hydrogen-bond donors (Lipinski definition) is 0. The van der Waals surface area contributed by atoms with Gasteiger partial charge in [-0.2, -0.15) is 9.36 Å². The van der Waals surface area contributed by atoms with Gasteiger partial charge in [-0.3, -0.25) is 0 Å². The maximum absolute atomic E-state index is 12.3. The van der Waals surface area contributed by atoms with Crippen LogP contribution in [0.2, 0.25) is 0 Å². The Bertz CT molecular complexity index is 1260. The minimum atomic E-state index is -0.291. The van der Waals surface area contributed by atoms with Crippen molar-refractivity contribution in [1.29, 1.82) is 0 Å². The summed E-state index contributed by atoms with van der Waals surface area (Å²) in [5.41, 5.74) is 7.00. The van der Waals surface area contributed by atoms with Crippen LogP contribution in [0.1, 0.15) is 22.3 Å². The van der Waals surface area contributed by atoms with Gasteiger partial charge in [-0.1, -0.05) is 48.5 Å². The highest BCUT2D eigenvalue weighted by atomic mass is 16.5. The van der Waals surface area contributed by atoms with E-state index in [-0.39, 0.29) is 5.69 Å². The molecule has 0 saturated heterocycles. The molecule has 0 fully saturated rings. The average molecular weight is 400 g/mol. The Hall–Kier alpha value is -3.67. The summed E-state index contributed by atoms with van der Waals surface area (Å²) in [4.78, 5) is 12.3. The van der Waals surface area contributed by atoms with Crippen LogP contribution < -0.4 is 10.4 Å². The monoisotopic (exact) mass is 400 g/mol. The van der Waals surface area contributed by atoms with E-state index < -0.39 is 0 Å². The SMILES string of the molecule is Cc1cccc(-n2nnn(C)c2=O)c1COc1ccc(-c2ccccc2)c(C)c1C. The fraction of sp³-hybridized carbons (Fsp3) is 0.208. The van der Waals surface area contributed by atoms with Gasteiger partial charge in [0.05, 0.1) is 5.69 Å². The van der Waals surface area contributed by atoms with E-state index in [0.717, 1.165) is 22.4 Å². The first-order valence-corrected chi connectivity index (χ1v) is 9.83. The van der Waals surface area contributed by atoms with Crippen molar-refractivity contribution < 1.29 is 4.74 Å². The minimum Gasteiger partial charge on any atom is -0.489 e. The van der Waals surface area contributed by atoms with Crippen molar-refractivity contribution in [3.63, 3.8) is 0 Å². The highest BCUT2D eigenvalue weighted by Gasteiger charge is 2.15. The number of benzene rings is 3. The van der Waals surface area contributed by atoms with Crippen LogP contribution in [0, 0.1) is 20.8 Å². The van der Waals surface area contributed by atoms with Crippen molar-refractivity contribution in [2.24, 2.45) is 7.05 Å². The molecule has 0 bridgehead atoms. The second-order valence-electron chi connectivity index (χ2n) is 7.39. The Balaban J connectivity index is 1.66. The Kier molecular flexibility index (Phi) is 5.23. The van der Waals surface area contributed by atoms with Crippen LogP contribution >= 0.6 is 0 Å². The van der Waals surface area contributed by atoms with E-state index in [0.29, 0.717) is 12.3 Å². The van der Waals surface area contributed by atoms with Crippen molar-refractivity contribution in [2.45, 2.75) is 27.4 Å². The van der Waals surface area contributed by atoms with E-state index >= 15 is 0 Å². The van der Waals surface area contributed by atoms with Gasteiger partial charge in [0, 0.05) is 12.6 Å². The number of ether oxygens (including phenoxy) is 1. The number of tetrazole rings is 1. The van der Waals surface area contributed by atoms with E-state index in [2.05, 4.69) is 42.5 Å². The number of aromatic nitrogens is 4. The Morgan fingerprint density at radius 3 is 2.33 bits per heavy atom. The third-order valence-electron chi connectivity index (χ3n) is 5.53. The predicted molar refractivity (Wildman–Crippen MR) is 117 cm³/mol. The molecule has 152 valence electrons. The van der Waals surface area contributed by atoms with Crippen LogP contribution in [0.5, 0.6) is 5.75 Å². The van der Waals surface area contributed by atoms with Gasteiger partial charge in [-0.25, -0.2) is 4.79 Å². The fourth-order valence-corrected chi connectivity index (χ4v) is 3.57. The standard InChI is InChI=1S/C24H24N4O2/c1-16-9-8-12-22(28-24(29)27(4)25-26-28)21(16)15-30-23-14-13-20(17(2)18(23)3)19-10-6-5-7-11-19/h5-14H,15H2,1-4H3. The molecule has 30 heavy (non-hydrogen) atoms. The van der Waals surface area contributed by atoms with Gasteiger partial charge in [0.2, 0.25) is 0 Å². The smallest absolute Gasteiger partial charge is 0.368 e. The van der Waals surface area contributed by atoms with Crippen LogP contribution in [-0.2, 0) is 13.7 Å². The lowest BCUT2D eigenvalue weighted by molar-refractivity contribution is 0.302. The summed E-state index contributed by atoms with van der Waals surface area (Å²) >= 11 is 0. The van der Waals surface area contributed by atoms with Crippen LogP contribution in [-0.4, -0.2) is 19.8 Å². The van der Waals surface area contributed by atoms with Crippen LogP contribution in [0.15, 0.2) is 65.5 Å². The molecule has 6 nitrogen and oxygen atoms in total. The molecule has 0 radical (unpaired) electrons. The molecule has 4 rings (SSSR count). The van der Waals surface area contributed by atoms with Crippen LogP contribution in [0.4, 0.5) is 0 Å². The summed E-state index contributed by atoms with van der Waals surface area (Å²) in [5, 5.41) is 7.80. The molecule has 0 atom stereocenters.